The van der Waals surface area contributed by atoms with Gasteiger partial charge in [0.15, 0.2) is 0 Å². The Balaban J connectivity index is 2.57. The second-order valence-corrected chi connectivity index (χ2v) is 3.65. The van der Waals surface area contributed by atoms with Crippen LogP contribution >= 0.6 is 0 Å². The molecular weight excluding hydrogens is 174 g/mol. The van der Waals surface area contributed by atoms with Crippen molar-refractivity contribution in [2.24, 2.45) is 5.73 Å². The smallest absolute Gasteiger partial charge is 0.0681 e. The van der Waals surface area contributed by atoms with E-state index in [2.05, 4.69) is 6.92 Å². The predicted molar refractivity (Wildman–Crippen MR) is 58.8 cm³/mol. The average Bonchev–Trinajstić information content (AvgIpc) is 2.26. The van der Waals surface area contributed by atoms with Crippen LogP contribution in [0.4, 0.5) is 0 Å². The predicted octanol–water partition coefficient (Wildman–Crippen LogP) is 2.37. The van der Waals surface area contributed by atoms with Gasteiger partial charge in [-0.2, -0.15) is 0 Å². The fourth-order valence-electron chi connectivity index (χ4n) is 1.46. The molecule has 0 aliphatic carbocycles. The van der Waals surface area contributed by atoms with Crippen LogP contribution in [0.1, 0.15) is 43.4 Å². The van der Waals surface area contributed by atoms with Gasteiger partial charge in [-0.15, -0.1) is 0 Å². The summed E-state index contributed by atoms with van der Waals surface area (Å²) in [6.07, 6.45) is 3.39. The molecule has 14 heavy (non-hydrogen) atoms. The molecule has 0 spiro atoms. The van der Waals surface area contributed by atoms with E-state index < -0.39 is 0 Å². The number of unbranched alkanes of at least 4 members (excludes halogenated alkanes) is 1. The van der Waals surface area contributed by atoms with Crippen LogP contribution in [-0.2, 0) is 6.61 Å². The molecule has 1 rings (SSSR count). The third kappa shape index (κ3) is 3.13. The van der Waals surface area contributed by atoms with Crippen LogP contribution < -0.4 is 5.73 Å². The quantitative estimate of drug-likeness (QED) is 0.754. The van der Waals surface area contributed by atoms with Gasteiger partial charge in [-0.05, 0) is 17.5 Å². The number of hydrogen-bond acceptors (Lipinski definition) is 2. The van der Waals surface area contributed by atoms with E-state index in [4.69, 9.17) is 10.8 Å². The summed E-state index contributed by atoms with van der Waals surface area (Å²) in [6.45, 7) is 2.27. The zero-order valence-electron chi connectivity index (χ0n) is 8.74. The zero-order valence-corrected chi connectivity index (χ0v) is 8.74. The number of rotatable bonds is 5. The van der Waals surface area contributed by atoms with Gasteiger partial charge < -0.3 is 10.8 Å². The highest BCUT2D eigenvalue weighted by Gasteiger charge is 2.04. The maximum Gasteiger partial charge on any atom is 0.0681 e. The molecule has 0 radical (unpaired) electrons. The Bertz CT molecular complexity index is 256. The van der Waals surface area contributed by atoms with Gasteiger partial charge in [-0.25, -0.2) is 0 Å². The Kier molecular flexibility index (Phi) is 4.63. The Hall–Kier alpha value is -0.860. The van der Waals surface area contributed by atoms with Gasteiger partial charge in [-0.3, -0.25) is 0 Å². The summed E-state index contributed by atoms with van der Waals surface area (Å²) in [6, 6.07) is 8.02. The van der Waals surface area contributed by atoms with Crippen molar-refractivity contribution in [1.29, 1.82) is 0 Å². The Morgan fingerprint density at radius 3 is 2.43 bits per heavy atom. The SMILES string of the molecule is CCCC[C@@H](N)c1ccc(CO)cc1. The normalized spacial score (nSPS) is 12.8. The molecule has 0 fully saturated rings. The number of aliphatic hydroxyl groups is 1. The fraction of sp³-hybridized carbons (Fsp3) is 0.500. The van der Waals surface area contributed by atoms with Crippen molar-refractivity contribution in [3.8, 4) is 0 Å². The van der Waals surface area contributed by atoms with E-state index in [1.807, 2.05) is 24.3 Å². The van der Waals surface area contributed by atoms with Crippen molar-refractivity contribution >= 4 is 0 Å². The molecule has 0 heterocycles. The molecule has 2 nitrogen and oxygen atoms in total. The first-order chi connectivity index (χ1) is 6.77. The lowest BCUT2D eigenvalue weighted by Gasteiger charge is -2.11. The number of benzene rings is 1. The first kappa shape index (κ1) is 11.2. The molecule has 0 aliphatic heterocycles. The standard InChI is InChI=1S/C12H19NO/c1-2-3-4-12(13)11-7-5-10(9-14)6-8-11/h5-8,12,14H,2-4,9,13H2,1H3/t12-/m1/s1. The van der Waals surface area contributed by atoms with Gasteiger partial charge in [0.25, 0.3) is 0 Å². The molecule has 1 aromatic carbocycles. The highest BCUT2D eigenvalue weighted by Crippen LogP contribution is 2.17. The lowest BCUT2D eigenvalue weighted by atomic mass is 10.0. The molecule has 0 aliphatic rings. The summed E-state index contributed by atoms with van der Waals surface area (Å²) in [5, 5.41) is 8.88. The van der Waals surface area contributed by atoms with E-state index >= 15 is 0 Å². The van der Waals surface area contributed by atoms with Gasteiger partial charge in [0.1, 0.15) is 0 Å². The van der Waals surface area contributed by atoms with E-state index in [1.165, 1.54) is 12.8 Å². The number of nitrogens with two attached hydrogens (primary N) is 1. The van der Waals surface area contributed by atoms with Gasteiger partial charge in [0.2, 0.25) is 0 Å². The summed E-state index contributed by atoms with van der Waals surface area (Å²) in [5.74, 6) is 0. The summed E-state index contributed by atoms with van der Waals surface area (Å²) < 4.78 is 0. The maximum absolute atomic E-state index is 8.88. The van der Waals surface area contributed by atoms with Crippen LogP contribution in [0.3, 0.4) is 0 Å². The minimum absolute atomic E-state index is 0.102. The van der Waals surface area contributed by atoms with E-state index in [-0.39, 0.29) is 12.6 Å². The van der Waals surface area contributed by atoms with Crippen molar-refractivity contribution in [1.82, 2.24) is 0 Å². The minimum Gasteiger partial charge on any atom is -0.392 e. The zero-order chi connectivity index (χ0) is 10.4. The average molecular weight is 193 g/mol. The van der Waals surface area contributed by atoms with Crippen molar-refractivity contribution in [3.05, 3.63) is 35.4 Å². The van der Waals surface area contributed by atoms with Gasteiger partial charge in [0.05, 0.1) is 6.61 Å². The van der Waals surface area contributed by atoms with Gasteiger partial charge in [-0.1, -0.05) is 44.0 Å². The lowest BCUT2D eigenvalue weighted by Crippen LogP contribution is -2.09. The van der Waals surface area contributed by atoms with Crippen molar-refractivity contribution in [2.45, 2.75) is 38.8 Å². The van der Waals surface area contributed by atoms with Crippen molar-refractivity contribution in [2.75, 3.05) is 0 Å². The molecule has 1 atom stereocenters. The first-order valence-corrected chi connectivity index (χ1v) is 5.23. The molecule has 2 heteroatoms. The minimum atomic E-state index is 0.102. The monoisotopic (exact) mass is 193 g/mol. The molecule has 78 valence electrons. The summed E-state index contributed by atoms with van der Waals surface area (Å²) in [7, 11) is 0. The van der Waals surface area contributed by atoms with Crippen LogP contribution in [-0.4, -0.2) is 5.11 Å². The molecule has 0 unspecified atom stereocenters. The van der Waals surface area contributed by atoms with Gasteiger partial charge >= 0.3 is 0 Å². The number of hydrogen-bond donors (Lipinski definition) is 2. The highest BCUT2D eigenvalue weighted by molar-refractivity contribution is 5.24. The molecule has 0 saturated carbocycles. The van der Waals surface area contributed by atoms with Crippen LogP contribution in [0.15, 0.2) is 24.3 Å². The Labute approximate surface area is 85.8 Å². The van der Waals surface area contributed by atoms with Crippen molar-refractivity contribution < 1.29 is 5.11 Å². The molecule has 0 aromatic heterocycles. The Morgan fingerprint density at radius 2 is 1.93 bits per heavy atom. The third-order valence-electron chi connectivity index (χ3n) is 2.46. The van der Waals surface area contributed by atoms with E-state index in [9.17, 15) is 0 Å². The molecule has 0 amide bonds. The van der Waals surface area contributed by atoms with E-state index in [0.717, 1.165) is 17.5 Å². The highest BCUT2D eigenvalue weighted by atomic mass is 16.3. The largest absolute Gasteiger partial charge is 0.392 e. The summed E-state index contributed by atoms with van der Waals surface area (Å²) in [5.41, 5.74) is 8.11. The van der Waals surface area contributed by atoms with Crippen LogP contribution in [0, 0.1) is 0 Å². The summed E-state index contributed by atoms with van der Waals surface area (Å²) >= 11 is 0. The lowest BCUT2D eigenvalue weighted by molar-refractivity contribution is 0.282. The fourth-order valence-corrected chi connectivity index (χ4v) is 1.46. The number of aliphatic hydroxyl groups excluding tert-OH is 1. The van der Waals surface area contributed by atoms with E-state index in [1.54, 1.807) is 0 Å². The van der Waals surface area contributed by atoms with Crippen LogP contribution in [0.2, 0.25) is 0 Å². The second-order valence-electron chi connectivity index (χ2n) is 3.65. The Morgan fingerprint density at radius 1 is 1.29 bits per heavy atom. The first-order valence-electron chi connectivity index (χ1n) is 5.23. The second kappa shape index (κ2) is 5.78. The molecule has 0 saturated heterocycles. The van der Waals surface area contributed by atoms with Crippen molar-refractivity contribution in [3.63, 3.8) is 0 Å². The van der Waals surface area contributed by atoms with Gasteiger partial charge in [0, 0.05) is 6.04 Å². The molecule has 0 bridgehead atoms. The third-order valence-corrected chi connectivity index (χ3v) is 2.46. The molecular formula is C12H19NO. The molecule has 1 aromatic rings. The topological polar surface area (TPSA) is 46.2 Å². The van der Waals surface area contributed by atoms with Crippen LogP contribution in [0.25, 0.3) is 0 Å². The maximum atomic E-state index is 8.88. The van der Waals surface area contributed by atoms with E-state index in [0.29, 0.717) is 0 Å². The van der Waals surface area contributed by atoms with Crippen LogP contribution in [0.5, 0.6) is 0 Å². The summed E-state index contributed by atoms with van der Waals surface area (Å²) in [4.78, 5) is 0. The molecule has 3 N–H and O–H groups in total.